The van der Waals surface area contributed by atoms with Crippen molar-refractivity contribution in [1.29, 1.82) is 0 Å². The summed E-state index contributed by atoms with van der Waals surface area (Å²) in [6.07, 6.45) is 0.765. The normalized spacial score (nSPS) is 16.2. The first-order valence-corrected chi connectivity index (χ1v) is 6.09. The third-order valence-electron chi connectivity index (χ3n) is 3.31. The van der Waals surface area contributed by atoms with E-state index in [1.165, 1.54) is 11.1 Å². The van der Waals surface area contributed by atoms with Gasteiger partial charge in [0.15, 0.2) is 0 Å². The van der Waals surface area contributed by atoms with Gasteiger partial charge in [-0.15, -0.1) is 0 Å². The number of benzene rings is 1. The van der Waals surface area contributed by atoms with E-state index in [9.17, 15) is 5.11 Å². The molecular weight excluding hydrogens is 212 g/mol. The summed E-state index contributed by atoms with van der Waals surface area (Å²) >= 11 is 0. The lowest BCUT2D eigenvalue weighted by Crippen LogP contribution is -2.50. The molecule has 1 aromatic heterocycles. The number of hydrogen-bond donors (Lipinski definition) is 1. The van der Waals surface area contributed by atoms with Gasteiger partial charge < -0.3 is 10.0 Å². The zero-order chi connectivity index (χ0) is 11.8. The molecule has 1 aliphatic heterocycles. The molecule has 1 saturated heterocycles. The summed E-state index contributed by atoms with van der Waals surface area (Å²) in [5, 5.41) is 10.6. The summed E-state index contributed by atoms with van der Waals surface area (Å²) in [5.74, 6) is 0. The van der Waals surface area contributed by atoms with Crippen molar-refractivity contribution < 1.29 is 5.11 Å². The maximum Gasteiger partial charge on any atom is 0.0889 e. The van der Waals surface area contributed by atoms with Gasteiger partial charge in [0.05, 0.1) is 11.6 Å². The fourth-order valence-electron chi connectivity index (χ4n) is 2.31. The van der Waals surface area contributed by atoms with Gasteiger partial charge in [-0.1, -0.05) is 25.1 Å². The fourth-order valence-corrected chi connectivity index (χ4v) is 2.31. The summed E-state index contributed by atoms with van der Waals surface area (Å²) < 4.78 is 0. The number of aliphatic hydroxyl groups is 1. The van der Waals surface area contributed by atoms with Crippen LogP contribution in [0.5, 0.6) is 0 Å². The van der Waals surface area contributed by atoms with Crippen LogP contribution in [-0.2, 0) is 6.42 Å². The predicted octanol–water partition coefficient (Wildman–Crippen LogP) is 1.98. The molecule has 1 aromatic carbocycles. The van der Waals surface area contributed by atoms with Crippen LogP contribution in [0.2, 0.25) is 0 Å². The lowest BCUT2D eigenvalue weighted by molar-refractivity contribution is 0.142. The van der Waals surface area contributed by atoms with Crippen LogP contribution in [0.3, 0.4) is 0 Å². The lowest BCUT2D eigenvalue weighted by atomic mass is 10.1. The molecule has 3 rings (SSSR count). The second kappa shape index (κ2) is 4.00. The van der Waals surface area contributed by atoms with E-state index in [4.69, 9.17) is 0 Å². The zero-order valence-electron chi connectivity index (χ0n) is 9.93. The Morgan fingerprint density at radius 1 is 1.35 bits per heavy atom. The first kappa shape index (κ1) is 10.5. The predicted molar refractivity (Wildman–Crippen MR) is 69.3 cm³/mol. The van der Waals surface area contributed by atoms with Crippen molar-refractivity contribution in [2.45, 2.75) is 19.4 Å². The first-order valence-electron chi connectivity index (χ1n) is 6.09. The number of β-amino-alcohol motifs (C(OH)–C–C–N with tert-alkyl or cyclic N) is 1. The van der Waals surface area contributed by atoms with Crippen LogP contribution in [0.1, 0.15) is 12.6 Å². The second-order valence-corrected chi connectivity index (χ2v) is 4.56. The zero-order valence-corrected chi connectivity index (χ0v) is 9.93. The van der Waals surface area contributed by atoms with Gasteiger partial charge in [-0.05, 0) is 18.6 Å². The maximum atomic E-state index is 9.42. The van der Waals surface area contributed by atoms with Crippen molar-refractivity contribution in [3.63, 3.8) is 0 Å². The highest BCUT2D eigenvalue weighted by Crippen LogP contribution is 2.30. The van der Waals surface area contributed by atoms with E-state index in [1.807, 2.05) is 18.2 Å². The number of aromatic nitrogens is 1. The van der Waals surface area contributed by atoms with E-state index in [0.29, 0.717) is 0 Å². The first-order chi connectivity index (χ1) is 8.28. The van der Waals surface area contributed by atoms with Gasteiger partial charge in [0, 0.05) is 29.9 Å². The minimum Gasteiger partial charge on any atom is -0.389 e. The summed E-state index contributed by atoms with van der Waals surface area (Å²) in [6.45, 7) is 3.58. The summed E-state index contributed by atoms with van der Waals surface area (Å²) in [5.41, 5.74) is 3.36. The standard InChI is InChI=1S/C14H16N2O/c1-2-10-7-14(16-8-11(17)9-16)12-5-3-4-6-13(12)15-10/h3-7,11,17H,2,8-9H2,1H3. The molecule has 2 heterocycles. The average molecular weight is 228 g/mol. The Balaban J connectivity index is 2.13. The maximum absolute atomic E-state index is 9.42. The third kappa shape index (κ3) is 1.76. The molecule has 0 radical (unpaired) electrons. The molecule has 17 heavy (non-hydrogen) atoms. The van der Waals surface area contributed by atoms with Crippen molar-refractivity contribution in [1.82, 2.24) is 4.98 Å². The summed E-state index contributed by atoms with van der Waals surface area (Å²) in [6, 6.07) is 10.4. The van der Waals surface area contributed by atoms with Crippen LogP contribution in [0.15, 0.2) is 30.3 Å². The third-order valence-corrected chi connectivity index (χ3v) is 3.31. The molecule has 0 spiro atoms. The number of rotatable bonds is 2. The quantitative estimate of drug-likeness (QED) is 0.853. The van der Waals surface area contributed by atoms with E-state index >= 15 is 0 Å². The number of aliphatic hydroxyl groups excluding tert-OH is 1. The molecular formula is C14H16N2O. The van der Waals surface area contributed by atoms with Crippen LogP contribution < -0.4 is 4.90 Å². The Bertz CT molecular complexity index is 547. The Kier molecular flexibility index (Phi) is 2.48. The molecule has 0 aliphatic carbocycles. The van der Waals surface area contributed by atoms with E-state index in [-0.39, 0.29) is 6.10 Å². The minimum absolute atomic E-state index is 0.174. The molecule has 0 amide bonds. The monoisotopic (exact) mass is 228 g/mol. The van der Waals surface area contributed by atoms with Gasteiger partial charge in [0.25, 0.3) is 0 Å². The second-order valence-electron chi connectivity index (χ2n) is 4.56. The van der Waals surface area contributed by atoms with Gasteiger partial charge >= 0.3 is 0 Å². The van der Waals surface area contributed by atoms with Gasteiger partial charge in [-0.2, -0.15) is 0 Å². The molecule has 1 aliphatic rings. The number of hydrogen-bond acceptors (Lipinski definition) is 3. The molecule has 3 heteroatoms. The Labute approximate surface area is 101 Å². The highest BCUT2D eigenvalue weighted by atomic mass is 16.3. The highest BCUT2D eigenvalue weighted by Gasteiger charge is 2.26. The molecule has 2 aromatic rings. The molecule has 0 atom stereocenters. The largest absolute Gasteiger partial charge is 0.389 e. The molecule has 1 N–H and O–H groups in total. The lowest BCUT2D eigenvalue weighted by Gasteiger charge is -2.38. The number of para-hydroxylation sites is 1. The van der Waals surface area contributed by atoms with E-state index in [1.54, 1.807) is 0 Å². The van der Waals surface area contributed by atoms with Gasteiger partial charge in [-0.3, -0.25) is 4.98 Å². The van der Waals surface area contributed by atoms with Crippen LogP contribution in [0.25, 0.3) is 10.9 Å². The van der Waals surface area contributed by atoms with Gasteiger partial charge in [0.2, 0.25) is 0 Å². The fraction of sp³-hybridized carbons (Fsp3) is 0.357. The Morgan fingerprint density at radius 3 is 2.82 bits per heavy atom. The van der Waals surface area contributed by atoms with Gasteiger partial charge in [-0.25, -0.2) is 0 Å². The molecule has 0 saturated carbocycles. The Hall–Kier alpha value is -1.61. The highest BCUT2D eigenvalue weighted by molar-refractivity contribution is 5.92. The molecule has 0 unspecified atom stereocenters. The minimum atomic E-state index is -0.174. The van der Waals surface area contributed by atoms with Gasteiger partial charge in [0.1, 0.15) is 0 Å². The number of anilines is 1. The van der Waals surface area contributed by atoms with Crippen LogP contribution in [0, 0.1) is 0 Å². The number of pyridine rings is 1. The number of aryl methyl sites for hydroxylation is 1. The van der Waals surface area contributed by atoms with E-state index < -0.39 is 0 Å². The average Bonchev–Trinajstić information content (AvgIpc) is 2.34. The number of nitrogens with zero attached hydrogens (tertiary/aromatic N) is 2. The molecule has 3 nitrogen and oxygen atoms in total. The van der Waals surface area contributed by atoms with E-state index in [2.05, 4.69) is 28.9 Å². The van der Waals surface area contributed by atoms with Crippen LogP contribution in [-0.4, -0.2) is 29.3 Å². The Morgan fingerprint density at radius 2 is 2.12 bits per heavy atom. The van der Waals surface area contributed by atoms with Crippen molar-refractivity contribution in [2.75, 3.05) is 18.0 Å². The summed E-state index contributed by atoms with van der Waals surface area (Å²) in [7, 11) is 0. The molecule has 0 bridgehead atoms. The van der Waals surface area contributed by atoms with E-state index in [0.717, 1.165) is 30.7 Å². The number of fused-ring (bicyclic) bond motifs is 1. The molecule has 1 fully saturated rings. The van der Waals surface area contributed by atoms with Crippen molar-refractivity contribution in [3.8, 4) is 0 Å². The smallest absolute Gasteiger partial charge is 0.0889 e. The van der Waals surface area contributed by atoms with Crippen molar-refractivity contribution in [2.24, 2.45) is 0 Å². The van der Waals surface area contributed by atoms with Crippen LogP contribution in [0.4, 0.5) is 5.69 Å². The summed E-state index contributed by atoms with van der Waals surface area (Å²) in [4.78, 5) is 6.84. The topological polar surface area (TPSA) is 36.4 Å². The SMILES string of the molecule is CCc1cc(N2CC(O)C2)c2ccccc2n1. The van der Waals surface area contributed by atoms with Crippen molar-refractivity contribution in [3.05, 3.63) is 36.0 Å². The van der Waals surface area contributed by atoms with Crippen LogP contribution >= 0.6 is 0 Å². The van der Waals surface area contributed by atoms with Crippen molar-refractivity contribution >= 4 is 16.6 Å². The molecule has 88 valence electrons.